The topological polar surface area (TPSA) is 117 Å². The Morgan fingerprint density at radius 2 is 2.11 bits per heavy atom. The predicted molar refractivity (Wildman–Crippen MR) is 60.2 cm³/mol. The minimum atomic E-state index is -1.46. The summed E-state index contributed by atoms with van der Waals surface area (Å²) >= 11 is 0. The second-order valence-electron chi connectivity index (χ2n) is 3.85. The Bertz CT molecular complexity index is 280. The summed E-state index contributed by atoms with van der Waals surface area (Å²) < 4.78 is 10.5. The Hall–Kier alpha value is -1.38. The number of hydrogen-bond donors (Lipinski definition) is 4. The average molecular weight is 262 g/mol. The molecule has 2 atom stereocenters. The molecule has 0 saturated carbocycles. The van der Waals surface area contributed by atoms with Crippen LogP contribution < -0.4 is 10.6 Å². The lowest BCUT2D eigenvalue weighted by molar-refractivity contribution is -0.146. The molecule has 2 amide bonds. The number of ether oxygens (including phenoxy) is 2. The molecule has 18 heavy (non-hydrogen) atoms. The molecule has 1 rings (SSSR count). The second-order valence-corrected chi connectivity index (χ2v) is 3.85. The molecular formula is C10H18N2O6. The number of hydrogen-bond acceptors (Lipinski definition) is 5. The quantitative estimate of drug-likeness (QED) is 0.464. The number of carboxylic acids is 1. The van der Waals surface area contributed by atoms with Gasteiger partial charge in [0.05, 0.1) is 25.9 Å². The number of nitrogens with one attached hydrogen (secondary N) is 2. The van der Waals surface area contributed by atoms with Gasteiger partial charge in [0.1, 0.15) is 0 Å². The van der Waals surface area contributed by atoms with Crippen molar-refractivity contribution in [3.8, 4) is 0 Å². The zero-order chi connectivity index (χ0) is 13.4. The monoisotopic (exact) mass is 262 g/mol. The van der Waals surface area contributed by atoms with Gasteiger partial charge >= 0.3 is 12.0 Å². The molecule has 8 heteroatoms. The van der Waals surface area contributed by atoms with Crippen LogP contribution in [-0.4, -0.2) is 67.3 Å². The molecule has 0 bridgehead atoms. The largest absolute Gasteiger partial charge is 0.479 e. The fourth-order valence-corrected chi connectivity index (χ4v) is 1.37. The Morgan fingerprint density at radius 1 is 1.33 bits per heavy atom. The van der Waals surface area contributed by atoms with Crippen molar-refractivity contribution >= 4 is 12.0 Å². The maximum Gasteiger partial charge on any atom is 0.332 e. The van der Waals surface area contributed by atoms with Gasteiger partial charge < -0.3 is 30.3 Å². The Morgan fingerprint density at radius 3 is 2.72 bits per heavy atom. The SMILES string of the molecule is O=C(NCCC(O)C(=O)O)NCC1COCCO1. The van der Waals surface area contributed by atoms with Crippen LogP contribution >= 0.6 is 0 Å². The van der Waals surface area contributed by atoms with Crippen LogP contribution in [0, 0.1) is 0 Å². The summed E-state index contributed by atoms with van der Waals surface area (Å²) in [5, 5.41) is 22.4. The zero-order valence-corrected chi connectivity index (χ0v) is 9.92. The Kier molecular flexibility index (Phi) is 6.40. The highest BCUT2D eigenvalue weighted by molar-refractivity contribution is 5.74. The van der Waals surface area contributed by atoms with Gasteiger partial charge in [0.2, 0.25) is 0 Å². The van der Waals surface area contributed by atoms with Gasteiger partial charge in [0.25, 0.3) is 0 Å². The van der Waals surface area contributed by atoms with E-state index in [1.807, 2.05) is 0 Å². The summed E-state index contributed by atoms with van der Waals surface area (Å²) in [7, 11) is 0. The molecule has 8 nitrogen and oxygen atoms in total. The first-order valence-corrected chi connectivity index (χ1v) is 5.71. The van der Waals surface area contributed by atoms with Crippen molar-refractivity contribution < 1.29 is 29.3 Å². The maximum absolute atomic E-state index is 11.3. The van der Waals surface area contributed by atoms with E-state index in [1.165, 1.54) is 0 Å². The fourth-order valence-electron chi connectivity index (χ4n) is 1.37. The number of urea groups is 1. The molecule has 4 N–H and O–H groups in total. The van der Waals surface area contributed by atoms with Crippen molar-refractivity contribution in [1.29, 1.82) is 0 Å². The van der Waals surface area contributed by atoms with Gasteiger partial charge in [0.15, 0.2) is 6.10 Å². The number of aliphatic carboxylic acids is 1. The van der Waals surface area contributed by atoms with Gasteiger partial charge in [-0.15, -0.1) is 0 Å². The van der Waals surface area contributed by atoms with E-state index in [2.05, 4.69) is 10.6 Å². The number of rotatable bonds is 6. The van der Waals surface area contributed by atoms with Gasteiger partial charge in [-0.05, 0) is 0 Å². The van der Waals surface area contributed by atoms with Gasteiger partial charge in [-0.1, -0.05) is 0 Å². The van der Waals surface area contributed by atoms with E-state index >= 15 is 0 Å². The lowest BCUT2D eigenvalue weighted by Gasteiger charge is -2.23. The first kappa shape index (κ1) is 14.7. The van der Waals surface area contributed by atoms with Gasteiger partial charge in [0, 0.05) is 19.5 Å². The summed E-state index contributed by atoms with van der Waals surface area (Å²) in [5.74, 6) is -1.30. The highest BCUT2D eigenvalue weighted by Gasteiger charge is 2.16. The zero-order valence-electron chi connectivity index (χ0n) is 9.92. The van der Waals surface area contributed by atoms with E-state index in [9.17, 15) is 9.59 Å². The van der Waals surface area contributed by atoms with Gasteiger partial charge in [-0.3, -0.25) is 0 Å². The molecule has 1 aliphatic heterocycles. The van der Waals surface area contributed by atoms with E-state index < -0.39 is 18.1 Å². The van der Waals surface area contributed by atoms with E-state index in [0.29, 0.717) is 26.4 Å². The van der Waals surface area contributed by atoms with Gasteiger partial charge in [-0.2, -0.15) is 0 Å². The predicted octanol–water partition coefficient (Wildman–Crippen LogP) is -1.46. The maximum atomic E-state index is 11.3. The van der Waals surface area contributed by atoms with Crippen LogP contribution in [0.15, 0.2) is 0 Å². The molecule has 0 radical (unpaired) electrons. The summed E-state index contributed by atoms with van der Waals surface area (Å²) in [4.78, 5) is 21.6. The highest BCUT2D eigenvalue weighted by Crippen LogP contribution is 1.98. The molecule has 1 saturated heterocycles. The molecule has 0 spiro atoms. The minimum absolute atomic E-state index is 0.0359. The van der Waals surface area contributed by atoms with Crippen LogP contribution in [0.1, 0.15) is 6.42 Å². The first-order valence-electron chi connectivity index (χ1n) is 5.71. The lowest BCUT2D eigenvalue weighted by Crippen LogP contribution is -2.44. The molecule has 1 heterocycles. The molecule has 0 aliphatic carbocycles. The third kappa shape index (κ3) is 5.80. The fraction of sp³-hybridized carbons (Fsp3) is 0.800. The third-order valence-corrected chi connectivity index (χ3v) is 2.36. The van der Waals surface area contributed by atoms with Crippen LogP contribution in [0.3, 0.4) is 0 Å². The normalized spacial score (nSPS) is 21.1. The smallest absolute Gasteiger partial charge is 0.332 e. The Labute approximate surface area is 104 Å². The number of aliphatic hydroxyl groups is 1. The van der Waals surface area contributed by atoms with Crippen molar-refractivity contribution in [2.24, 2.45) is 0 Å². The molecular weight excluding hydrogens is 244 g/mol. The summed E-state index contributed by atoms with van der Waals surface area (Å²) in [6.45, 7) is 1.93. The van der Waals surface area contributed by atoms with Crippen LogP contribution in [0.4, 0.5) is 4.79 Å². The van der Waals surface area contributed by atoms with Crippen LogP contribution in [0.5, 0.6) is 0 Å². The minimum Gasteiger partial charge on any atom is -0.479 e. The summed E-state index contributed by atoms with van der Waals surface area (Å²) in [5.41, 5.74) is 0. The number of aliphatic hydroxyl groups excluding tert-OH is 1. The Balaban J connectivity index is 2.04. The molecule has 1 fully saturated rings. The summed E-state index contributed by atoms with van der Waals surface area (Å²) in [6, 6.07) is -0.429. The molecule has 2 unspecified atom stereocenters. The molecule has 104 valence electrons. The van der Waals surface area contributed by atoms with E-state index in [4.69, 9.17) is 19.7 Å². The second kappa shape index (κ2) is 7.85. The van der Waals surface area contributed by atoms with E-state index in [1.54, 1.807) is 0 Å². The van der Waals surface area contributed by atoms with Crippen molar-refractivity contribution in [3.63, 3.8) is 0 Å². The van der Waals surface area contributed by atoms with Crippen molar-refractivity contribution in [1.82, 2.24) is 10.6 Å². The molecule has 1 aliphatic rings. The molecule has 0 aromatic heterocycles. The molecule has 0 aromatic rings. The van der Waals surface area contributed by atoms with E-state index in [-0.39, 0.29) is 19.1 Å². The lowest BCUT2D eigenvalue weighted by atomic mass is 10.2. The first-order chi connectivity index (χ1) is 8.59. The highest BCUT2D eigenvalue weighted by atomic mass is 16.6. The number of carboxylic acid groups (broad SMARTS) is 1. The average Bonchev–Trinajstić information content (AvgIpc) is 2.37. The number of carbonyl (C=O) groups excluding carboxylic acids is 1. The van der Waals surface area contributed by atoms with Crippen LogP contribution in [0.25, 0.3) is 0 Å². The van der Waals surface area contributed by atoms with Crippen LogP contribution in [-0.2, 0) is 14.3 Å². The molecule has 0 aromatic carbocycles. The summed E-state index contributed by atoms with van der Waals surface area (Å²) in [6.07, 6.45) is -1.65. The number of carbonyl (C=O) groups is 2. The van der Waals surface area contributed by atoms with E-state index in [0.717, 1.165) is 0 Å². The standard InChI is InChI=1S/C10H18N2O6/c13-8(9(14)15)1-2-11-10(16)12-5-7-6-17-3-4-18-7/h7-8,13H,1-6H2,(H,14,15)(H2,11,12,16). The van der Waals surface area contributed by atoms with Crippen LogP contribution in [0.2, 0.25) is 0 Å². The van der Waals surface area contributed by atoms with Crippen molar-refractivity contribution in [2.75, 3.05) is 32.9 Å². The third-order valence-electron chi connectivity index (χ3n) is 2.36. The van der Waals surface area contributed by atoms with Crippen molar-refractivity contribution in [2.45, 2.75) is 18.6 Å². The van der Waals surface area contributed by atoms with Crippen molar-refractivity contribution in [3.05, 3.63) is 0 Å². The van der Waals surface area contributed by atoms with Gasteiger partial charge in [-0.25, -0.2) is 9.59 Å². The number of amides is 2.